The molecule has 9 heteroatoms. The van der Waals surface area contributed by atoms with E-state index in [9.17, 15) is 9.59 Å². The highest BCUT2D eigenvalue weighted by atomic mass is 32.1. The van der Waals surface area contributed by atoms with Crippen molar-refractivity contribution in [2.24, 2.45) is 5.41 Å². The van der Waals surface area contributed by atoms with E-state index in [0.717, 1.165) is 47.4 Å². The van der Waals surface area contributed by atoms with E-state index >= 15 is 0 Å². The van der Waals surface area contributed by atoms with Crippen LogP contribution in [0, 0.1) is 12.3 Å². The van der Waals surface area contributed by atoms with Crippen molar-refractivity contribution < 1.29 is 9.59 Å². The summed E-state index contributed by atoms with van der Waals surface area (Å²) in [5, 5.41) is 7.51. The standard InChI is InChI=1S/C28H38N6O2S/c1-7-25(35)33-13-8-9-21(12-14-33)34-23-11-10-20(16-29-18(2)28(4,5)6)15-22(23)31-27(34)32-26(36)24-17-30-19(3)37-24/h7,10-11,15,17-18,21,29H,1,8-9,12-14,16H2,2-6H3,(H,31,32,36)/t18-,21+/m0/s1. The van der Waals surface area contributed by atoms with Gasteiger partial charge in [-0.2, -0.15) is 0 Å². The molecule has 0 aliphatic carbocycles. The highest BCUT2D eigenvalue weighted by molar-refractivity contribution is 7.13. The fourth-order valence-corrected chi connectivity index (χ4v) is 5.28. The third kappa shape index (κ3) is 6.27. The first-order chi connectivity index (χ1) is 17.6. The van der Waals surface area contributed by atoms with Crippen molar-refractivity contribution in [3.8, 4) is 0 Å². The Kier molecular flexibility index (Phi) is 8.14. The van der Waals surface area contributed by atoms with Crippen LogP contribution in [0.15, 0.2) is 37.1 Å². The van der Waals surface area contributed by atoms with E-state index in [1.807, 2.05) is 11.8 Å². The number of hydrogen-bond acceptors (Lipinski definition) is 6. The van der Waals surface area contributed by atoms with Gasteiger partial charge in [0, 0.05) is 31.7 Å². The van der Waals surface area contributed by atoms with Gasteiger partial charge in [0.05, 0.1) is 22.2 Å². The monoisotopic (exact) mass is 522 g/mol. The number of benzene rings is 1. The molecule has 3 heterocycles. The molecule has 37 heavy (non-hydrogen) atoms. The first-order valence-electron chi connectivity index (χ1n) is 13.0. The molecular weight excluding hydrogens is 484 g/mol. The smallest absolute Gasteiger partial charge is 0.269 e. The SMILES string of the molecule is C=CC(=O)N1CCC[C@@H](n2c(NC(=O)c3cnc(C)s3)nc3cc(CN[C@@H](C)C(C)(C)C)ccc32)CC1. The molecular formula is C28H38N6O2S. The van der Waals surface area contributed by atoms with Crippen molar-refractivity contribution in [3.05, 3.63) is 52.5 Å². The van der Waals surface area contributed by atoms with Gasteiger partial charge in [-0.3, -0.25) is 14.9 Å². The molecule has 4 rings (SSSR count). The minimum absolute atomic E-state index is 0.0353. The number of likely N-dealkylation sites (tertiary alicyclic amines) is 1. The van der Waals surface area contributed by atoms with Crippen LogP contribution in [0.25, 0.3) is 11.0 Å². The zero-order valence-corrected chi connectivity index (χ0v) is 23.3. The Morgan fingerprint density at radius 3 is 2.73 bits per heavy atom. The van der Waals surface area contributed by atoms with Gasteiger partial charge in [0.2, 0.25) is 11.9 Å². The number of nitrogens with one attached hydrogen (secondary N) is 2. The Morgan fingerprint density at radius 2 is 2.05 bits per heavy atom. The summed E-state index contributed by atoms with van der Waals surface area (Å²) in [7, 11) is 0. The molecule has 1 saturated heterocycles. The maximum absolute atomic E-state index is 13.1. The van der Waals surface area contributed by atoms with E-state index in [1.54, 1.807) is 6.20 Å². The first-order valence-corrected chi connectivity index (χ1v) is 13.8. The van der Waals surface area contributed by atoms with E-state index in [1.165, 1.54) is 17.4 Å². The summed E-state index contributed by atoms with van der Waals surface area (Å²) >= 11 is 1.36. The Labute approximate surface area is 223 Å². The molecule has 2 atom stereocenters. The van der Waals surface area contributed by atoms with Crippen LogP contribution in [-0.2, 0) is 11.3 Å². The zero-order valence-electron chi connectivity index (χ0n) is 22.5. The topological polar surface area (TPSA) is 92.2 Å². The van der Waals surface area contributed by atoms with Gasteiger partial charge < -0.3 is 14.8 Å². The first kappa shape index (κ1) is 27.0. The lowest BCUT2D eigenvalue weighted by molar-refractivity contribution is -0.125. The number of imidazole rings is 1. The second kappa shape index (κ2) is 11.1. The lowest BCUT2D eigenvalue weighted by Gasteiger charge is -2.28. The van der Waals surface area contributed by atoms with E-state index < -0.39 is 0 Å². The highest BCUT2D eigenvalue weighted by Crippen LogP contribution is 2.32. The van der Waals surface area contributed by atoms with Crippen molar-refractivity contribution in [1.82, 2.24) is 24.8 Å². The largest absolute Gasteiger partial charge is 0.339 e. The van der Waals surface area contributed by atoms with Gasteiger partial charge in [-0.05, 0) is 62.3 Å². The van der Waals surface area contributed by atoms with Crippen LogP contribution in [-0.4, -0.2) is 50.4 Å². The molecule has 0 saturated carbocycles. The number of rotatable bonds is 7. The Hall–Kier alpha value is -3.04. The number of nitrogens with zero attached hydrogens (tertiary/aromatic N) is 4. The molecule has 1 aliphatic heterocycles. The number of aromatic nitrogens is 3. The van der Waals surface area contributed by atoms with Gasteiger partial charge in [-0.15, -0.1) is 11.3 Å². The lowest BCUT2D eigenvalue weighted by Crippen LogP contribution is -2.37. The number of amides is 2. The number of carbonyl (C=O) groups excluding carboxylic acids is 2. The molecule has 2 N–H and O–H groups in total. The number of fused-ring (bicyclic) bond motifs is 1. The number of thiazole rings is 1. The van der Waals surface area contributed by atoms with Gasteiger partial charge in [0.15, 0.2) is 0 Å². The van der Waals surface area contributed by atoms with Crippen LogP contribution in [0.2, 0.25) is 0 Å². The molecule has 1 aliphatic rings. The molecule has 0 spiro atoms. The normalized spacial score (nSPS) is 17.4. The summed E-state index contributed by atoms with van der Waals surface area (Å²) < 4.78 is 2.15. The minimum Gasteiger partial charge on any atom is -0.339 e. The van der Waals surface area contributed by atoms with Crippen molar-refractivity contribution in [3.63, 3.8) is 0 Å². The van der Waals surface area contributed by atoms with Gasteiger partial charge in [0.1, 0.15) is 4.88 Å². The summed E-state index contributed by atoms with van der Waals surface area (Å²) in [5.74, 6) is 0.291. The van der Waals surface area contributed by atoms with Gasteiger partial charge >= 0.3 is 0 Å². The highest BCUT2D eigenvalue weighted by Gasteiger charge is 2.26. The predicted molar refractivity (Wildman–Crippen MR) is 150 cm³/mol. The fourth-order valence-electron chi connectivity index (χ4n) is 4.61. The molecule has 198 valence electrons. The van der Waals surface area contributed by atoms with Crippen LogP contribution in [0.1, 0.15) is 73.2 Å². The van der Waals surface area contributed by atoms with Crippen LogP contribution < -0.4 is 10.6 Å². The molecule has 2 aromatic heterocycles. The predicted octanol–water partition coefficient (Wildman–Crippen LogP) is 5.32. The number of carbonyl (C=O) groups is 2. The van der Waals surface area contributed by atoms with Crippen LogP contribution >= 0.6 is 11.3 Å². The average Bonchev–Trinajstić information content (AvgIpc) is 3.35. The van der Waals surface area contributed by atoms with E-state index in [4.69, 9.17) is 4.98 Å². The Morgan fingerprint density at radius 1 is 1.27 bits per heavy atom. The molecule has 2 amide bonds. The maximum atomic E-state index is 13.1. The number of anilines is 1. The summed E-state index contributed by atoms with van der Waals surface area (Å²) in [6, 6.07) is 6.79. The van der Waals surface area contributed by atoms with Crippen molar-refractivity contribution >= 4 is 40.1 Å². The van der Waals surface area contributed by atoms with Crippen molar-refractivity contribution in [1.29, 1.82) is 0 Å². The van der Waals surface area contributed by atoms with E-state index in [2.05, 4.69) is 72.7 Å². The van der Waals surface area contributed by atoms with Gasteiger partial charge in [-0.25, -0.2) is 9.97 Å². The average molecular weight is 523 g/mol. The minimum atomic E-state index is -0.208. The quantitative estimate of drug-likeness (QED) is 0.410. The number of hydrogen-bond donors (Lipinski definition) is 2. The van der Waals surface area contributed by atoms with Gasteiger partial charge in [-0.1, -0.05) is 33.4 Å². The number of aryl methyl sites for hydroxylation is 1. The molecule has 0 unspecified atom stereocenters. The molecule has 0 bridgehead atoms. The molecule has 1 aromatic carbocycles. The Bertz CT molecular complexity index is 1290. The van der Waals surface area contributed by atoms with Crippen LogP contribution in [0.4, 0.5) is 5.95 Å². The van der Waals surface area contributed by atoms with Crippen molar-refractivity contribution in [2.75, 3.05) is 18.4 Å². The van der Waals surface area contributed by atoms with E-state index in [-0.39, 0.29) is 23.3 Å². The summed E-state index contributed by atoms with van der Waals surface area (Å²) in [5.41, 5.74) is 3.14. The third-order valence-corrected chi connectivity index (χ3v) is 8.20. The molecule has 0 radical (unpaired) electrons. The van der Waals surface area contributed by atoms with Crippen LogP contribution in [0.3, 0.4) is 0 Å². The second-order valence-electron chi connectivity index (χ2n) is 10.9. The third-order valence-electron chi connectivity index (χ3n) is 7.28. The molecule has 3 aromatic rings. The van der Waals surface area contributed by atoms with E-state index in [0.29, 0.717) is 30.0 Å². The molecule has 1 fully saturated rings. The molecule has 8 nitrogen and oxygen atoms in total. The fraction of sp³-hybridized carbons (Fsp3) is 0.500. The maximum Gasteiger partial charge on any atom is 0.269 e. The Balaban J connectivity index is 1.65. The second-order valence-corrected chi connectivity index (χ2v) is 12.1. The summed E-state index contributed by atoms with van der Waals surface area (Å²) in [6.45, 7) is 16.5. The van der Waals surface area contributed by atoms with Crippen LogP contribution in [0.5, 0.6) is 0 Å². The zero-order chi connectivity index (χ0) is 26.7. The van der Waals surface area contributed by atoms with Gasteiger partial charge in [0.25, 0.3) is 5.91 Å². The lowest BCUT2D eigenvalue weighted by atomic mass is 9.88. The van der Waals surface area contributed by atoms with Crippen molar-refractivity contribution in [2.45, 2.75) is 72.5 Å². The summed E-state index contributed by atoms with van der Waals surface area (Å²) in [4.78, 5) is 36.8. The summed E-state index contributed by atoms with van der Waals surface area (Å²) in [6.07, 6.45) is 5.53.